The fourth-order valence-electron chi connectivity index (χ4n) is 1.93. The number of nitrogens with zero attached hydrogens (tertiary/aromatic N) is 3. The predicted molar refractivity (Wildman–Crippen MR) is 80.2 cm³/mol. The molecule has 0 spiro atoms. The minimum Gasteiger partial charge on any atom is -0.456 e. The summed E-state index contributed by atoms with van der Waals surface area (Å²) in [5, 5.41) is 0.874. The number of thiazole rings is 1. The Kier molecular flexibility index (Phi) is 3.62. The van der Waals surface area contributed by atoms with Gasteiger partial charge in [-0.15, -0.1) is 0 Å². The molecule has 2 heterocycles. The molecular formula is C15H13N3O2S. The number of ether oxygens (including phenoxy) is 1. The summed E-state index contributed by atoms with van der Waals surface area (Å²) in [5.74, 6) is -0.476. The summed E-state index contributed by atoms with van der Waals surface area (Å²) in [7, 11) is 0. The first-order chi connectivity index (χ1) is 10.1. The molecule has 0 aliphatic rings. The van der Waals surface area contributed by atoms with E-state index in [2.05, 4.69) is 15.0 Å². The van der Waals surface area contributed by atoms with Crippen molar-refractivity contribution in [3.63, 3.8) is 0 Å². The smallest absolute Gasteiger partial charge is 0.359 e. The molecule has 21 heavy (non-hydrogen) atoms. The highest BCUT2D eigenvalue weighted by Crippen LogP contribution is 2.19. The van der Waals surface area contributed by atoms with Crippen LogP contribution in [-0.2, 0) is 11.3 Å². The van der Waals surface area contributed by atoms with Gasteiger partial charge in [0, 0.05) is 0 Å². The van der Waals surface area contributed by atoms with E-state index in [4.69, 9.17) is 4.74 Å². The number of benzene rings is 1. The number of carbonyl (C=O) groups is 1. The molecular weight excluding hydrogens is 286 g/mol. The van der Waals surface area contributed by atoms with Gasteiger partial charge in [0.2, 0.25) is 0 Å². The van der Waals surface area contributed by atoms with Crippen LogP contribution in [0.2, 0.25) is 0 Å². The molecule has 0 radical (unpaired) electrons. The number of carbonyl (C=O) groups excluding carboxylic acids is 1. The van der Waals surface area contributed by atoms with Gasteiger partial charge >= 0.3 is 5.97 Å². The largest absolute Gasteiger partial charge is 0.456 e. The maximum absolute atomic E-state index is 12.1. The zero-order chi connectivity index (χ0) is 14.8. The maximum Gasteiger partial charge on any atom is 0.359 e. The fourth-order valence-corrected chi connectivity index (χ4v) is 2.70. The van der Waals surface area contributed by atoms with Gasteiger partial charge < -0.3 is 4.74 Å². The molecule has 0 atom stereocenters. The van der Waals surface area contributed by atoms with Crippen LogP contribution in [0.1, 0.15) is 26.8 Å². The number of fused-ring (bicyclic) bond motifs is 1. The Balaban J connectivity index is 1.82. The Morgan fingerprint density at radius 3 is 2.67 bits per heavy atom. The lowest BCUT2D eigenvalue weighted by molar-refractivity contribution is 0.0464. The summed E-state index contributed by atoms with van der Waals surface area (Å²) in [6.07, 6.45) is 0. The Morgan fingerprint density at radius 1 is 1.14 bits per heavy atom. The van der Waals surface area contributed by atoms with Crippen LogP contribution in [0.3, 0.4) is 0 Å². The van der Waals surface area contributed by atoms with Crippen LogP contribution < -0.4 is 0 Å². The van der Waals surface area contributed by atoms with Crippen molar-refractivity contribution in [1.82, 2.24) is 15.0 Å². The van der Waals surface area contributed by atoms with Crippen LogP contribution in [0.5, 0.6) is 0 Å². The average molecular weight is 299 g/mol. The van der Waals surface area contributed by atoms with Crippen molar-refractivity contribution < 1.29 is 9.53 Å². The minimum atomic E-state index is -0.476. The SMILES string of the molecule is Cc1nc2nc(C(=O)OCc3ccccc3)c(C)nc2s1. The molecule has 0 saturated heterocycles. The highest BCUT2D eigenvalue weighted by Gasteiger charge is 2.17. The molecule has 0 amide bonds. The van der Waals surface area contributed by atoms with Crippen molar-refractivity contribution >= 4 is 27.8 Å². The normalized spacial score (nSPS) is 10.8. The third-order valence-corrected chi connectivity index (χ3v) is 3.79. The van der Waals surface area contributed by atoms with Crippen LogP contribution in [-0.4, -0.2) is 20.9 Å². The zero-order valence-electron chi connectivity index (χ0n) is 11.7. The molecule has 5 nitrogen and oxygen atoms in total. The lowest BCUT2D eigenvalue weighted by Crippen LogP contribution is -2.10. The molecule has 0 unspecified atom stereocenters. The number of hydrogen-bond donors (Lipinski definition) is 0. The van der Waals surface area contributed by atoms with E-state index in [1.165, 1.54) is 11.3 Å². The van der Waals surface area contributed by atoms with Crippen LogP contribution in [0, 0.1) is 13.8 Å². The third-order valence-electron chi connectivity index (χ3n) is 2.93. The summed E-state index contributed by atoms with van der Waals surface area (Å²) in [6.45, 7) is 3.85. The molecule has 106 valence electrons. The van der Waals surface area contributed by atoms with Crippen LogP contribution in [0.4, 0.5) is 0 Å². The number of hydrogen-bond acceptors (Lipinski definition) is 6. The number of esters is 1. The molecule has 0 aliphatic heterocycles. The van der Waals surface area contributed by atoms with Gasteiger partial charge in [0.15, 0.2) is 16.2 Å². The molecule has 1 aromatic carbocycles. The van der Waals surface area contributed by atoms with E-state index in [1.807, 2.05) is 37.3 Å². The second-order valence-corrected chi connectivity index (χ2v) is 5.76. The van der Waals surface area contributed by atoms with Gasteiger partial charge in [0.1, 0.15) is 6.61 Å². The zero-order valence-corrected chi connectivity index (χ0v) is 12.5. The first-order valence-electron chi connectivity index (χ1n) is 6.46. The molecule has 0 bridgehead atoms. The Morgan fingerprint density at radius 2 is 1.90 bits per heavy atom. The van der Waals surface area contributed by atoms with Crippen LogP contribution >= 0.6 is 11.3 Å². The van der Waals surface area contributed by atoms with E-state index in [0.717, 1.165) is 15.4 Å². The third kappa shape index (κ3) is 2.90. The van der Waals surface area contributed by atoms with Crippen molar-refractivity contribution in [3.05, 3.63) is 52.3 Å². The Labute approximate surface area is 125 Å². The predicted octanol–water partition coefficient (Wildman–Crippen LogP) is 3.06. The molecule has 0 N–H and O–H groups in total. The van der Waals surface area contributed by atoms with Gasteiger partial charge in [-0.25, -0.2) is 19.7 Å². The minimum absolute atomic E-state index is 0.217. The average Bonchev–Trinajstić information content (AvgIpc) is 2.84. The highest BCUT2D eigenvalue weighted by atomic mass is 32.1. The van der Waals surface area contributed by atoms with Gasteiger partial charge in [-0.05, 0) is 19.4 Å². The molecule has 6 heteroatoms. The lowest BCUT2D eigenvalue weighted by atomic mass is 10.2. The molecule has 0 aliphatic carbocycles. The van der Waals surface area contributed by atoms with Crippen molar-refractivity contribution in [2.45, 2.75) is 20.5 Å². The van der Waals surface area contributed by atoms with Gasteiger partial charge in [0.05, 0.1) is 10.7 Å². The highest BCUT2D eigenvalue weighted by molar-refractivity contribution is 7.18. The van der Waals surface area contributed by atoms with E-state index >= 15 is 0 Å². The first kappa shape index (κ1) is 13.6. The van der Waals surface area contributed by atoms with Gasteiger partial charge in [-0.1, -0.05) is 41.7 Å². The van der Waals surface area contributed by atoms with Crippen molar-refractivity contribution in [2.75, 3.05) is 0 Å². The summed E-state index contributed by atoms with van der Waals surface area (Å²) in [4.78, 5) is 25.8. The quantitative estimate of drug-likeness (QED) is 0.695. The van der Waals surface area contributed by atoms with Gasteiger partial charge in [-0.3, -0.25) is 0 Å². The van der Waals surface area contributed by atoms with E-state index in [0.29, 0.717) is 11.3 Å². The van der Waals surface area contributed by atoms with Gasteiger partial charge in [-0.2, -0.15) is 0 Å². The standard InChI is InChI=1S/C15H13N3O2S/c1-9-12(18-13-14(16-9)21-10(2)17-13)15(19)20-8-11-6-4-3-5-7-11/h3-7H,8H2,1-2H3. The monoisotopic (exact) mass is 299 g/mol. The molecule has 3 rings (SSSR count). The first-order valence-corrected chi connectivity index (χ1v) is 7.28. The number of aromatic nitrogens is 3. The molecule has 0 saturated carbocycles. The second kappa shape index (κ2) is 5.57. The Hall–Kier alpha value is -2.34. The summed E-state index contributed by atoms with van der Waals surface area (Å²) >= 11 is 1.46. The maximum atomic E-state index is 12.1. The van der Waals surface area contributed by atoms with E-state index < -0.39 is 5.97 Å². The molecule has 3 aromatic rings. The molecule has 2 aromatic heterocycles. The van der Waals surface area contributed by atoms with Crippen molar-refractivity contribution in [1.29, 1.82) is 0 Å². The molecule has 0 fully saturated rings. The Bertz CT molecular complexity index is 799. The van der Waals surface area contributed by atoms with Crippen LogP contribution in [0.15, 0.2) is 30.3 Å². The van der Waals surface area contributed by atoms with E-state index in [9.17, 15) is 4.79 Å². The number of aryl methyl sites for hydroxylation is 2. The van der Waals surface area contributed by atoms with Crippen LogP contribution in [0.25, 0.3) is 10.5 Å². The van der Waals surface area contributed by atoms with E-state index in [1.54, 1.807) is 6.92 Å². The topological polar surface area (TPSA) is 65.0 Å². The van der Waals surface area contributed by atoms with E-state index in [-0.39, 0.29) is 12.3 Å². The van der Waals surface area contributed by atoms with Crippen molar-refractivity contribution in [2.24, 2.45) is 0 Å². The second-order valence-electron chi connectivity index (χ2n) is 4.58. The van der Waals surface area contributed by atoms with Crippen molar-refractivity contribution in [3.8, 4) is 0 Å². The van der Waals surface area contributed by atoms with Gasteiger partial charge in [0.25, 0.3) is 0 Å². The summed E-state index contributed by atoms with van der Waals surface area (Å²) < 4.78 is 5.28. The lowest BCUT2D eigenvalue weighted by Gasteiger charge is -2.05. The number of rotatable bonds is 3. The summed E-state index contributed by atoms with van der Waals surface area (Å²) in [5.41, 5.74) is 2.21. The summed E-state index contributed by atoms with van der Waals surface area (Å²) in [6, 6.07) is 9.52. The fraction of sp³-hybridized carbons (Fsp3) is 0.200.